The molecule has 0 amide bonds. The summed E-state index contributed by atoms with van der Waals surface area (Å²) >= 11 is 0. The van der Waals surface area contributed by atoms with Gasteiger partial charge in [-0.1, -0.05) is 13.8 Å². The topological polar surface area (TPSA) is 64.9 Å². The third-order valence-electron chi connectivity index (χ3n) is 2.66. The predicted molar refractivity (Wildman–Crippen MR) is 73.5 cm³/mol. The van der Waals surface area contributed by atoms with Crippen molar-refractivity contribution in [2.45, 2.75) is 26.8 Å². The Bertz CT molecular complexity index is 523. The SMILES string of the molecule is COc1ccnc(Nc2ccn(CCC(C)C)n2)n1. The van der Waals surface area contributed by atoms with Gasteiger partial charge >= 0.3 is 0 Å². The van der Waals surface area contributed by atoms with Crippen LogP contribution in [0.15, 0.2) is 24.5 Å². The Kier molecular flexibility index (Phi) is 4.33. The van der Waals surface area contributed by atoms with Gasteiger partial charge in [-0.25, -0.2) is 4.98 Å². The molecule has 6 nitrogen and oxygen atoms in total. The van der Waals surface area contributed by atoms with Crippen LogP contribution in [-0.2, 0) is 6.54 Å². The van der Waals surface area contributed by atoms with Crippen LogP contribution in [-0.4, -0.2) is 26.9 Å². The molecule has 19 heavy (non-hydrogen) atoms. The highest BCUT2D eigenvalue weighted by molar-refractivity contribution is 5.46. The van der Waals surface area contributed by atoms with Crippen molar-refractivity contribution in [1.29, 1.82) is 0 Å². The van der Waals surface area contributed by atoms with Crippen molar-refractivity contribution >= 4 is 11.8 Å². The van der Waals surface area contributed by atoms with Crippen molar-refractivity contribution in [2.24, 2.45) is 5.92 Å². The number of anilines is 2. The summed E-state index contributed by atoms with van der Waals surface area (Å²) < 4.78 is 6.97. The molecular formula is C13H19N5O. The normalized spacial score (nSPS) is 10.7. The minimum atomic E-state index is 0.480. The Labute approximate surface area is 112 Å². The molecule has 2 aromatic rings. The Morgan fingerprint density at radius 1 is 1.37 bits per heavy atom. The molecule has 2 aromatic heterocycles. The van der Waals surface area contributed by atoms with E-state index in [2.05, 4.69) is 34.2 Å². The lowest BCUT2D eigenvalue weighted by Gasteiger charge is -2.05. The first-order chi connectivity index (χ1) is 9.17. The Balaban J connectivity index is 1.99. The number of rotatable bonds is 6. The quantitative estimate of drug-likeness (QED) is 0.865. The summed E-state index contributed by atoms with van der Waals surface area (Å²) in [6.07, 6.45) is 4.70. The maximum absolute atomic E-state index is 5.05. The summed E-state index contributed by atoms with van der Waals surface area (Å²) in [5.41, 5.74) is 0. The van der Waals surface area contributed by atoms with Gasteiger partial charge in [0.15, 0.2) is 5.82 Å². The standard InChI is InChI=1S/C13H19N5O/c1-10(2)5-8-18-9-6-11(17-18)15-13-14-7-4-12(16-13)19-3/h4,6-7,9-10H,5,8H2,1-3H3,(H,14,15,16,17). The second-order valence-corrected chi connectivity index (χ2v) is 4.69. The van der Waals surface area contributed by atoms with E-state index in [0.29, 0.717) is 17.7 Å². The van der Waals surface area contributed by atoms with Crippen LogP contribution < -0.4 is 10.1 Å². The van der Waals surface area contributed by atoms with E-state index in [1.54, 1.807) is 19.4 Å². The van der Waals surface area contributed by atoms with Crippen LogP contribution in [0.2, 0.25) is 0 Å². The molecule has 0 radical (unpaired) electrons. The molecule has 0 saturated carbocycles. The van der Waals surface area contributed by atoms with Gasteiger partial charge in [0.1, 0.15) is 0 Å². The summed E-state index contributed by atoms with van der Waals surface area (Å²) in [4.78, 5) is 8.29. The van der Waals surface area contributed by atoms with Crippen molar-refractivity contribution < 1.29 is 4.74 Å². The van der Waals surface area contributed by atoms with Crippen LogP contribution >= 0.6 is 0 Å². The van der Waals surface area contributed by atoms with E-state index in [-0.39, 0.29) is 0 Å². The van der Waals surface area contributed by atoms with E-state index < -0.39 is 0 Å². The lowest BCUT2D eigenvalue weighted by molar-refractivity contribution is 0.397. The highest BCUT2D eigenvalue weighted by atomic mass is 16.5. The minimum absolute atomic E-state index is 0.480. The number of methoxy groups -OCH3 is 1. The fraction of sp³-hybridized carbons (Fsp3) is 0.462. The zero-order valence-corrected chi connectivity index (χ0v) is 11.5. The van der Waals surface area contributed by atoms with Gasteiger partial charge in [0.05, 0.1) is 7.11 Å². The largest absolute Gasteiger partial charge is 0.481 e. The second-order valence-electron chi connectivity index (χ2n) is 4.69. The van der Waals surface area contributed by atoms with Crippen LogP contribution in [0.5, 0.6) is 5.88 Å². The van der Waals surface area contributed by atoms with Gasteiger partial charge in [-0.3, -0.25) is 4.68 Å². The molecule has 0 aliphatic heterocycles. The Morgan fingerprint density at radius 3 is 2.95 bits per heavy atom. The molecule has 0 spiro atoms. The average molecular weight is 261 g/mol. The van der Waals surface area contributed by atoms with Gasteiger partial charge in [0.2, 0.25) is 11.8 Å². The monoisotopic (exact) mass is 261 g/mol. The van der Waals surface area contributed by atoms with Crippen LogP contribution in [0.1, 0.15) is 20.3 Å². The van der Waals surface area contributed by atoms with E-state index in [0.717, 1.165) is 18.8 Å². The maximum Gasteiger partial charge on any atom is 0.231 e. The van der Waals surface area contributed by atoms with Crippen LogP contribution in [0.25, 0.3) is 0 Å². The van der Waals surface area contributed by atoms with Gasteiger partial charge < -0.3 is 10.1 Å². The minimum Gasteiger partial charge on any atom is -0.481 e. The molecule has 2 heterocycles. The number of ether oxygens (including phenoxy) is 1. The summed E-state index contributed by atoms with van der Waals surface area (Å²) in [5.74, 6) is 2.41. The van der Waals surface area contributed by atoms with E-state index in [1.807, 2.05) is 16.9 Å². The van der Waals surface area contributed by atoms with Crippen molar-refractivity contribution in [1.82, 2.24) is 19.7 Å². The van der Waals surface area contributed by atoms with Gasteiger partial charge in [-0.05, 0) is 12.3 Å². The average Bonchev–Trinajstić information content (AvgIpc) is 2.84. The number of aryl methyl sites for hydroxylation is 1. The first kappa shape index (κ1) is 13.3. The van der Waals surface area contributed by atoms with Gasteiger partial charge in [-0.15, -0.1) is 0 Å². The predicted octanol–water partition coefficient (Wildman–Crippen LogP) is 2.47. The molecule has 0 aliphatic rings. The third-order valence-corrected chi connectivity index (χ3v) is 2.66. The highest BCUT2D eigenvalue weighted by Crippen LogP contribution is 2.13. The van der Waals surface area contributed by atoms with Crippen molar-refractivity contribution in [3.8, 4) is 5.88 Å². The highest BCUT2D eigenvalue weighted by Gasteiger charge is 2.03. The molecule has 0 saturated heterocycles. The first-order valence-corrected chi connectivity index (χ1v) is 6.35. The lowest BCUT2D eigenvalue weighted by atomic mass is 10.1. The van der Waals surface area contributed by atoms with Gasteiger partial charge in [0.25, 0.3) is 0 Å². The molecule has 0 aromatic carbocycles. The third kappa shape index (κ3) is 3.94. The van der Waals surface area contributed by atoms with E-state index in [1.165, 1.54) is 0 Å². The molecule has 2 rings (SSSR count). The zero-order valence-electron chi connectivity index (χ0n) is 11.5. The lowest BCUT2D eigenvalue weighted by Crippen LogP contribution is -2.03. The summed E-state index contributed by atoms with van der Waals surface area (Å²) in [6.45, 7) is 5.32. The molecule has 0 fully saturated rings. The molecule has 6 heteroatoms. The fourth-order valence-electron chi connectivity index (χ4n) is 1.57. The van der Waals surface area contributed by atoms with E-state index in [9.17, 15) is 0 Å². The molecule has 102 valence electrons. The number of hydrogen-bond acceptors (Lipinski definition) is 5. The van der Waals surface area contributed by atoms with E-state index in [4.69, 9.17) is 4.74 Å². The molecule has 1 N–H and O–H groups in total. The van der Waals surface area contributed by atoms with Crippen molar-refractivity contribution in [3.05, 3.63) is 24.5 Å². The second kappa shape index (κ2) is 6.17. The molecule has 0 atom stereocenters. The van der Waals surface area contributed by atoms with Crippen LogP contribution in [0.3, 0.4) is 0 Å². The first-order valence-electron chi connectivity index (χ1n) is 6.35. The Morgan fingerprint density at radius 2 is 2.21 bits per heavy atom. The summed E-state index contributed by atoms with van der Waals surface area (Å²) in [5, 5.41) is 7.47. The van der Waals surface area contributed by atoms with Gasteiger partial charge in [-0.2, -0.15) is 10.1 Å². The maximum atomic E-state index is 5.05. The number of hydrogen-bond donors (Lipinski definition) is 1. The number of aromatic nitrogens is 4. The summed E-state index contributed by atoms with van der Waals surface area (Å²) in [6, 6.07) is 3.61. The zero-order chi connectivity index (χ0) is 13.7. The van der Waals surface area contributed by atoms with E-state index >= 15 is 0 Å². The molecule has 0 bridgehead atoms. The molecule has 0 unspecified atom stereocenters. The molecular weight excluding hydrogens is 242 g/mol. The molecule has 0 aliphatic carbocycles. The van der Waals surface area contributed by atoms with Crippen molar-refractivity contribution in [2.75, 3.05) is 12.4 Å². The van der Waals surface area contributed by atoms with Crippen molar-refractivity contribution in [3.63, 3.8) is 0 Å². The van der Waals surface area contributed by atoms with Crippen LogP contribution in [0.4, 0.5) is 11.8 Å². The van der Waals surface area contributed by atoms with Gasteiger partial charge in [0, 0.05) is 31.1 Å². The smallest absolute Gasteiger partial charge is 0.231 e. The Hall–Kier alpha value is -2.11. The number of nitrogens with zero attached hydrogens (tertiary/aromatic N) is 4. The fourth-order valence-corrected chi connectivity index (χ4v) is 1.57. The van der Waals surface area contributed by atoms with Crippen LogP contribution in [0, 0.1) is 5.92 Å². The summed E-state index contributed by atoms with van der Waals surface area (Å²) in [7, 11) is 1.58. The number of nitrogens with one attached hydrogen (secondary N) is 1.